The molecule has 1 aromatic heterocycles. The van der Waals surface area contributed by atoms with Crippen molar-refractivity contribution in [1.82, 2.24) is 9.88 Å². The second-order valence-corrected chi connectivity index (χ2v) is 9.86. The van der Waals surface area contributed by atoms with Gasteiger partial charge in [0, 0.05) is 13.2 Å². The summed E-state index contributed by atoms with van der Waals surface area (Å²) < 4.78 is 20.0. The molecule has 5 rings (SSSR count). The molecule has 2 N–H and O–H groups in total. The Morgan fingerprint density at radius 2 is 2.06 bits per heavy atom. The molecule has 0 spiro atoms. The number of hydrogen-bond donors (Lipinski definition) is 2. The SMILES string of the molecule is CC1=C2[C@@H](CC/C(=C/c3ccc(O)c(F)c3)c3ccccn3)OB(O)C[C@@H]2[C@@H]2C(=O)N(C)C(=O)[C@@H]2C1. The van der Waals surface area contributed by atoms with Gasteiger partial charge in [0.15, 0.2) is 11.6 Å². The summed E-state index contributed by atoms with van der Waals surface area (Å²) >= 11 is 0. The number of imide groups is 1. The van der Waals surface area contributed by atoms with Crippen LogP contribution in [0.4, 0.5) is 4.39 Å². The Bertz CT molecular complexity index is 1260. The quantitative estimate of drug-likeness (QED) is 0.377. The number of phenolic OH excluding ortho intramolecular Hbond substituents is 1. The number of benzene rings is 1. The lowest BCUT2D eigenvalue weighted by Crippen LogP contribution is -2.45. The zero-order chi connectivity index (χ0) is 25.6. The fourth-order valence-electron chi connectivity index (χ4n) is 6.01. The second kappa shape index (κ2) is 9.63. The number of carbonyl (C=O) groups is 2. The van der Waals surface area contributed by atoms with Crippen LogP contribution >= 0.6 is 0 Å². The largest absolute Gasteiger partial charge is 0.505 e. The van der Waals surface area contributed by atoms with Crippen LogP contribution < -0.4 is 0 Å². The molecule has 2 aromatic rings. The van der Waals surface area contributed by atoms with Gasteiger partial charge >= 0.3 is 7.12 Å². The highest BCUT2D eigenvalue weighted by molar-refractivity contribution is 6.43. The minimum absolute atomic E-state index is 0.151. The van der Waals surface area contributed by atoms with Crippen LogP contribution in [0, 0.1) is 23.6 Å². The average Bonchev–Trinajstić information content (AvgIpc) is 3.07. The molecule has 0 radical (unpaired) electrons. The van der Waals surface area contributed by atoms with E-state index in [2.05, 4.69) is 4.98 Å². The predicted molar refractivity (Wildman–Crippen MR) is 133 cm³/mol. The van der Waals surface area contributed by atoms with Crippen molar-refractivity contribution < 1.29 is 28.8 Å². The van der Waals surface area contributed by atoms with Crippen molar-refractivity contribution in [2.45, 2.75) is 38.6 Å². The van der Waals surface area contributed by atoms with E-state index in [9.17, 15) is 24.1 Å². The zero-order valence-corrected chi connectivity index (χ0v) is 20.2. The first-order chi connectivity index (χ1) is 17.2. The maximum absolute atomic E-state index is 14.0. The molecule has 0 bridgehead atoms. The molecule has 3 heterocycles. The van der Waals surface area contributed by atoms with Gasteiger partial charge in [-0.15, -0.1) is 0 Å². The summed E-state index contributed by atoms with van der Waals surface area (Å²) in [6, 6.07) is 9.77. The van der Waals surface area contributed by atoms with Crippen molar-refractivity contribution in [3.8, 4) is 5.75 Å². The molecule has 36 heavy (non-hydrogen) atoms. The first kappa shape index (κ1) is 24.4. The maximum Gasteiger partial charge on any atom is 0.455 e. The number of rotatable bonds is 5. The number of hydrogen-bond acceptors (Lipinski definition) is 6. The van der Waals surface area contributed by atoms with E-state index < -0.39 is 30.7 Å². The first-order valence-electron chi connectivity index (χ1n) is 12.2. The number of aromatic hydroxyl groups is 1. The molecular formula is C27H28BFN2O5. The Morgan fingerprint density at radius 3 is 2.78 bits per heavy atom. The van der Waals surface area contributed by atoms with E-state index in [-0.39, 0.29) is 30.0 Å². The highest BCUT2D eigenvalue weighted by Crippen LogP contribution is 2.50. The topological polar surface area (TPSA) is 100.0 Å². The summed E-state index contributed by atoms with van der Waals surface area (Å²) in [6.45, 7) is 1.98. The Hall–Kier alpha value is -3.30. The van der Waals surface area contributed by atoms with E-state index in [0.717, 1.165) is 22.4 Å². The van der Waals surface area contributed by atoms with Gasteiger partial charge in [0.25, 0.3) is 0 Å². The molecule has 1 aliphatic carbocycles. The zero-order valence-electron chi connectivity index (χ0n) is 20.2. The summed E-state index contributed by atoms with van der Waals surface area (Å²) in [5, 5.41) is 20.1. The third-order valence-electron chi connectivity index (χ3n) is 7.66. The first-order valence-corrected chi connectivity index (χ1v) is 12.2. The number of pyridine rings is 1. The Morgan fingerprint density at radius 1 is 1.25 bits per heavy atom. The number of halogens is 1. The van der Waals surface area contributed by atoms with Crippen LogP contribution in [0.2, 0.25) is 6.32 Å². The number of nitrogens with zero attached hydrogens (tertiary/aromatic N) is 2. The van der Waals surface area contributed by atoms with E-state index in [0.29, 0.717) is 24.8 Å². The van der Waals surface area contributed by atoms with E-state index in [1.54, 1.807) is 12.3 Å². The van der Waals surface area contributed by atoms with Crippen LogP contribution in [0.15, 0.2) is 53.7 Å². The van der Waals surface area contributed by atoms with E-state index in [1.807, 2.05) is 31.2 Å². The van der Waals surface area contributed by atoms with Crippen molar-refractivity contribution in [2.75, 3.05) is 7.05 Å². The molecule has 7 nitrogen and oxygen atoms in total. The number of carbonyl (C=O) groups excluding carboxylic acids is 2. The fraction of sp³-hybridized carbons (Fsp3) is 0.370. The highest BCUT2D eigenvalue weighted by Gasteiger charge is 2.55. The van der Waals surface area contributed by atoms with E-state index >= 15 is 0 Å². The standard InChI is InChI=1S/C27H28BFN2O5/c1-15-11-18-25(27(34)31(2)26(18)33)19-14-28(35)36-23(24(15)19)9-7-17(21-5-3-4-10-30-21)12-16-6-8-22(32)20(29)13-16/h3-6,8,10,12-13,18-19,23,25,32,35H,7,9,11,14H2,1-2H3/b17-12-/t18-,19+,23-,25-/m1/s1. The Labute approximate surface area is 209 Å². The van der Waals surface area contributed by atoms with E-state index in [4.69, 9.17) is 4.65 Å². The van der Waals surface area contributed by atoms with Gasteiger partial charge in [-0.3, -0.25) is 19.5 Å². The van der Waals surface area contributed by atoms with Gasteiger partial charge in [0.1, 0.15) is 0 Å². The van der Waals surface area contributed by atoms with Crippen molar-refractivity contribution in [3.63, 3.8) is 0 Å². The number of amides is 2. The van der Waals surface area contributed by atoms with Gasteiger partial charge in [-0.1, -0.05) is 17.7 Å². The molecule has 2 amide bonds. The summed E-state index contributed by atoms with van der Waals surface area (Å²) in [5.41, 5.74) is 4.21. The number of fused-ring (bicyclic) bond motifs is 3. The molecule has 186 valence electrons. The lowest BCUT2D eigenvalue weighted by atomic mass is 9.58. The smallest absolute Gasteiger partial charge is 0.455 e. The summed E-state index contributed by atoms with van der Waals surface area (Å²) in [7, 11) is 0.499. The van der Waals surface area contributed by atoms with Crippen LogP contribution in [0.1, 0.15) is 37.4 Å². The van der Waals surface area contributed by atoms with Crippen LogP contribution in [0.5, 0.6) is 5.75 Å². The molecule has 3 aliphatic rings. The molecule has 2 aliphatic heterocycles. The molecule has 2 saturated heterocycles. The average molecular weight is 490 g/mol. The molecular weight excluding hydrogens is 462 g/mol. The van der Waals surface area contributed by atoms with Crippen molar-refractivity contribution in [1.29, 1.82) is 0 Å². The summed E-state index contributed by atoms with van der Waals surface area (Å²) in [5.74, 6) is -2.54. The number of allylic oxidation sites excluding steroid dienone is 2. The lowest BCUT2D eigenvalue weighted by Gasteiger charge is -2.42. The lowest BCUT2D eigenvalue weighted by molar-refractivity contribution is -0.138. The van der Waals surface area contributed by atoms with Gasteiger partial charge < -0.3 is 14.8 Å². The fourth-order valence-corrected chi connectivity index (χ4v) is 6.01. The van der Waals surface area contributed by atoms with Gasteiger partial charge in [0.05, 0.1) is 23.6 Å². The molecule has 0 saturated carbocycles. The minimum atomic E-state index is -1.03. The number of aromatic nitrogens is 1. The van der Waals surface area contributed by atoms with Crippen LogP contribution in [-0.2, 0) is 14.2 Å². The maximum atomic E-state index is 14.0. The van der Waals surface area contributed by atoms with Crippen molar-refractivity contribution in [2.24, 2.45) is 17.8 Å². The summed E-state index contributed by atoms with van der Waals surface area (Å²) in [4.78, 5) is 31.3. The van der Waals surface area contributed by atoms with Gasteiger partial charge in [0.2, 0.25) is 11.8 Å². The molecule has 1 aromatic carbocycles. The third kappa shape index (κ3) is 4.37. The van der Waals surface area contributed by atoms with Crippen LogP contribution in [0.3, 0.4) is 0 Å². The molecule has 2 fully saturated rings. The van der Waals surface area contributed by atoms with Gasteiger partial charge in [-0.2, -0.15) is 0 Å². The molecule has 4 atom stereocenters. The van der Waals surface area contributed by atoms with Crippen LogP contribution in [0.25, 0.3) is 11.6 Å². The van der Waals surface area contributed by atoms with Crippen molar-refractivity contribution >= 4 is 30.6 Å². The van der Waals surface area contributed by atoms with Crippen LogP contribution in [-0.4, -0.2) is 52.1 Å². The monoisotopic (exact) mass is 490 g/mol. The third-order valence-corrected chi connectivity index (χ3v) is 7.66. The Kier molecular flexibility index (Phi) is 6.53. The predicted octanol–water partition coefficient (Wildman–Crippen LogP) is 3.69. The minimum Gasteiger partial charge on any atom is -0.505 e. The number of phenols is 1. The Balaban J connectivity index is 1.45. The summed E-state index contributed by atoms with van der Waals surface area (Å²) in [6.07, 6.45) is 4.92. The van der Waals surface area contributed by atoms with Gasteiger partial charge in [-0.25, -0.2) is 4.39 Å². The highest BCUT2D eigenvalue weighted by atomic mass is 19.1. The molecule has 0 unspecified atom stereocenters. The normalized spacial score (nSPS) is 26.4. The van der Waals surface area contributed by atoms with E-state index in [1.165, 1.54) is 24.1 Å². The molecule has 9 heteroatoms. The second-order valence-electron chi connectivity index (χ2n) is 9.86. The van der Waals surface area contributed by atoms with Gasteiger partial charge in [-0.05, 0) is 85.5 Å². The number of likely N-dealkylation sites (tertiary alicyclic amines) is 1. The van der Waals surface area contributed by atoms with Crippen molar-refractivity contribution in [3.05, 3.63) is 70.8 Å².